The molecule has 0 saturated heterocycles. The van der Waals surface area contributed by atoms with Gasteiger partial charge < -0.3 is 0 Å². The van der Waals surface area contributed by atoms with Gasteiger partial charge in [-0.2, -0.15) is 0 Å². The first-order valence-electron chi connectivity index (χ1n) is 6.33. The zero-order valence-corrected chi connectivity index (χ0v) is 11.7. The van der Waals surface area contributed by atoms with Gasteiger partial charge >= 0.3 is 0 Å². The lowest BCUT2D eigenvalue weighted by Crippen LogP contribution is -2.28. The summed E-state index contributed by atoms with van der Waals surface area (Å²) in [7, 11) is -1.01. The van der Waals surface area contributed by atoms with E-state index in [4.69, 9.17) is 0 Å². The summed E-state index contributed by atoms with van der Waals surface area (Å²) >= 11 is 0. The summed E-state index contributed by atoms with van der Waals surface area (Å²) in [6, 6.07) is 10.9. The topological polar surface area (TPSA) is 0 Å². The van der Waals surface area contributed by atoms with Crippen molar-refractivity contribution in [2.24, 2.45) is 0 Å². The molecule has 0 amide bonds. The minimum atomic E-state index is -1.01. The highest BCUT2D eigenvalue weighted by atomic mass is 28.3. The van der Waals surface area contributed by atoms with Crippen LogP contribution in [0.2, 0.25) is 25.2 Å². The molecule has 0 aliphatic heterocycles. The molecule has 0 saturated carbocycles. The van der Waals surface area contributed by atoms with Crippen LogP contribution in [0.1, 0.15) is 24.8 Å². The zero-order valence-electron chi connectivity index (χ0n) is 10.7. The predicted molar refractivity (Wildman–Crippen MR) is 75.4 cm³/mol. The Labute approximate surface area is 100 Å². The van der Waals surface area contributed by atoms with Crippen LogP contribution >= 0.6 is 0 Å². The fourth-order valence-electron chi connectivity index (χ4n) is 2.50. The van der Waals surface area contributed by atoms with Crippen LogP contribution in [0.15, 0.2) is 36.4 Å². The van der Waals surface area contributed by atoms with E-state index < -0.39 is 8.07 Å². The standard InChI is InChI=1S/C15H22Si/c1-16(2,3)15-11-7-10-14(12-15)13-8-5-4-6-9-13/h4-6,8-9,12,15H,7,10-11H2,1-3H3/t15-/m1/s1. The van der Waals surface area contributed by atoms with Gasteiger partial charge in [-0.05, 0) is 35.9 Å². The molecule has 1 atom stereocenters. The fraction of sp³-hybridized carbons (Fsp3) is 0.467. The van der Waals surface area contributed by atoms with Gasteiger partial charge in [-0.15, -0.1) is 0 Å². The predicted octanol–water partition coefficient (Wildman–Crippen LogP) is 4.96. The third kappa shape index (κ3) is 2.65. The molecule has 0 unspecified atom stereocenters. The number of benzene rings is 1. The lowest BCUT2D eigenvalue weighted by molar-refractivity contribution is 0.724. The molecule has 1 aromatic carbocycles. The van der Waals surface area contributed by atoms with Gasteiger partial charge in [-0.3, -0.25) is 0 Å². The van der Waals surface area contributed by atoms with Crippen LogP contribution in [-0.4, -0.2) is 8.07 Å². The molecule has 1 aliphatic carbocycles. The van der Waals surface area contributed by atoms with Crippen molar-refractivity contribution in [1.29, 1.82) is 0 Å². The summed E-state index contributed by atoms with van der Waals surface area (Å²) in [6.07, 6.45) is 6.62. The molecule has 0 fully saturated rings. The maximum Gasteiger partial charge on any atom is 0.0513 e. The van der Waals surface area contributed by atoms with Crippen LogP contribution in [0.5, 0.6) is 0 Å². The second-order valence-corrected chi connectivity index (χ2v) is 11.4. The molecule has 1 aromatic rings. The highest BCUT2D eigenvalue weighted by Gasteiger charge is 2.27. The SMILES string of the molecule is C[Si](C)(C)[C@H]1C=C(c2ccccc2)CCC1. The lowest BCUT2D eigenvalue weighted by atomic mass is 9.93. The highest BCUT2D eigenvalue weighted by molar-refractivity contribution is 6.78. The van der Waals surface area contributed by atoms with Gasteiger partial charge in [0.1, 0.15) is 0 Å². The summed E-state index contributed by atoms with van der Waals surface area (Å²) in [5, 5.41) is 0. The van der Waals surface area contributed by atoms with E-state index in [0.29, 0.717) is 0 Å². The van der Waals surface area contributed by atoms with Gasteiger partial charge in [-0.1, -0.05) is 56.0 Å². The van der Waals surface area contributed by atoms with Crippen molar-refractivity contribution in [3.05, 3.63) is 42.0 Å². The first-order chi connectivity index (χ1) is 7.57. The van der Waals surface area contributed by atoms with Crippen LogP contribution in [0.4, 0.5) is 0 Å². The summed E-state index contributed by atoms with van der Waals surface area (Å²) < 4.78 is 0. The number of rotatable bonds is 2. The van der Waals surface area contributed by atoms with E-state index in [9.17, 15) is 0 Å². The minimum absolute atomic E-state index is 0.872. The Morgan fingerprint density at radius 3 is 2.38 bits per heavy atom. The quantitative estimate of drug-likeness (QED) is 0.630. The van der Waals surface area contributed by atoms with E-state index in [0.717, 1.165) is 5.54 Å². The first-order valence-corrected chi connectivity index (χ1v) is 9.91. The Hall–Kier alpha value is -0.823. The number of hydrogen-bond donors (Lipinski definition) is 0. The van der Waals surface area contributed by atoms with Gasteiger partial charge in [0.25, 0.3) is 0 Å². The Kier molecular flexibility index (Phi) is 3.34. The monoisotopic (exact) mass is 230 g/mol. The average Bonchev–Trinajstić information content (AvgIpc) is 2.29. The molecule has 0 aromatic heterocycles. The van der Waals surface area contributed by atoms with Gasteiger partial charge in [0.2, 0.25) is 0 Å². The Morgan fingerprint density at radius 1 is 1.06 bits per heavy atom. The largest absolute Gasteiger partial charge is 0.0803 e. The van der Waals surface area contributed by atoms with E-state index in [1.807, 2.05) is 0 Å². The van der Waals surface area contributed by atoms with Crippen LogP contribution in [0.25, 0.3) is 5.57 Å². The minimum Gasteiger partial charge on any atom is -0.0803 e. The van der Waals surface area contributed by atoms with Crippen molar-refractivity contribution in [2.75, 3.05) is 0 Å². The Balaban J connectivity index is 2.26. The molecule has 1 aliphatic rings. The first kappa shape index (κ1) is 11.7. The summed E-state index contributed by atoms with van der Waals surface area (Å²) in [5.41, 5.74) is 3.89. The molecular weight excluding hydrogens is 208 g/mol. The van der Waals surface area contributed by atoms with Crippen molar-refractivity contribution in [2.45, 2.75) is 44.4 Å². The van der Waals surface area contributed by atoms with E-state index in [1.165, 1.54) is 24.8 Å². The van der Waals surface area contributed by atoms with Gasteiger partial charge in [0, 0.05) is 0 Å². The third-order valence-electron chi connectivity index (χ3n) is 3.62. The van der Waals surface area contributed by atoms with Crippen molar-refractivity contribution in [3.8, 4) is 0 Å². The molecule has 1 heteroatoms. The Morgan fingerprint density at radius 2 is 1.75 bits per heavy atom. The summed E-state index contributed by atoms with van der Waals surface area (Å²) in [4.78, 5) is 0. The molecular formula is C15H22Si. The molecule has 0 N–H and O–H groups in total. The van der Waals surface area contributed by atoms with Crippen LogP contribution in [-0.2, 0) is 0 Å². The van der Waals surface area contributed by atoms with E-state index in [1.54, 1.807) is 5.57 Å². The van der Waals surface area contributed by atoms with Crippen molar-refractivity contribution < 1.29 is 0 Å². The van der Waals surface area contributed by atoms with Crippen LogP contribution in [0.3, 0.4) is 0 Å². The molecule has 86 valence electrons. The van der Waals surface area contributed by atoms with E-state index in [-0.39, 0.29) is 0 Å². The highest BCUT2D eigenvalue weighted by Crippen LogP contribution is 2.38. The number of hydrogen-bond acceptors (Lipinski definition) is 0. The number of allylic oxidation sites excluding steroid dienone is 2. The van der Waals surface area contributed by atoms with Gasteiger partial charge in [-0.25, -0.2) is 0 Å². The molecule has 0 heterocycles. The average molecular weight is 230 g/mol. The van der Waals surface area contributed by atoms with Gasteiger partial charge in [0.05, 0.1) is 8.07 Å². The molecule has 0 bridgehead atoms. The van der Waals surface area contributed by atoms with Crippen molar-refractivity contribution in [3.63, 3.8) is 0 Å². The van der Waals surface area contributed by atoms with E-state index in [2.05, 4.69) is 56.0 Å². The van der Waals surface area contributed by atoms with Crippen molar-refractivity contribution in [1.82, 2.24) is 0 Å². The van der Waals surface area contributed by atoms with Crippen molar-refractivity contribution >= 4 is 13.6 Å². The van der Waals surface area contributed by atoms with Crippen LogP contribution < -0.4 is 0 Å². The third-order valence-corrected chi connectivity index (χ3v) is 6.30. The maximum absolute atomic E-state index is 2.57. The zero-order chi connectivity index (χ0) is 11.6. The second-order valence-electron chi connectivity index (χ2n) is 5.92. The second kappa shape index (κ2) is 4.58. The molecule has 0 spiro atoms. The maximum atomic E-state index is 2.57. The summed E-state index contributed by atoms with van der Waals surface area (Å²) in [6.45, 7) is 7.46. The summed E-state index contributed by atoms with van der Waals surface area (Å²) in [5.74, 6) is 0. The Bertz CT molecular complexity index is 370. The molecule has 2 rings (SSSR count). The smallest absolute Gasteiger partial charge is 0.0513 e. The normalized spacial score (nSPS) is 21.7. The van der Waals surface area contributed by atoms with Crippen LogP contribution in [0, 0.1) is 0 Å². The molecule has 16 heavy (non-hydrogen) atoms. The fourth-order valence-corrected chi connectivity index (χ4v) is 4.27. The lowest BCUT2D eigenvalue weighted by Gasteiger charge is -2.30. The molecule has 0 nitrogen and oxygen atoms in total. The molecule has 0 radical (unpaired) electrons. The van der Waals surface area contributed by atoms with Gasteiger partial charge in [0.15, 0.2) is 0 Å². The van der Waals surface area contributed by atoms with E-state index >= 15 is 0 Å².